The van der Waals surface area contributed by atoms with Gasteiger partial charge in [0, 0.05) is 30.2 Å². The number of aromatic nitrogens is 1. The van der Waals surface area contributed by atoms with Crippen LogP contribution in [-0.2, 0) is 10.0 Å². The number of nitrogens with one attached hydrogen (secondary N) is 1. The van der Waals surface area contributed by atoms with Gasteiger partial charge in [0.2, 0.25) is 10.0 Å². The zero-order valence-electron chi connectivity index (χ0n) is 18.9. The summed E-state index contributed by atoms with van der Waals surface area (Å²) < 4.78 is 38.7. The van der Waals surface area contributed by atoms with Gasteiger partial charge in [-0.05, 0) is 63.1 Å². The second kappa shape index (κ2) is 9.36. The van der Waals surface area contributed by atoms with E-state index in [-0.39, 0.29) is 16.6 Å². The van der Waals surface area contributed by atoms with Crippen LogP contribution in [0.25, 0.3) is 10.9 Å². The molecular weight excluding hydrogens is 442 g/mol. The van der Waals surface area contributed by atoms with Crippen LogP contribution >= 0.6 is 0 Å². The van der Waals surface area contributed by atoms with E-state index in [1.54, 1.807) is 39.2 Å². The summed E-state index contributed by atoms with van der Waals surface area (Å²) in [5, 5.41) is 3.62. The highest BCUT2D eigenvalue weighted by molar-refractivity contribution is 7.89. The molecule has 33 heavy (non-hydrogen) atoms. The first kappa shape index (κ1) is 23.0. The first-order valence-corrected chi connectivity index (χ1v) is 12.3. The summed E-state index contributed by atoms with van der Waals surface area (Å²) in [7, 11) is -2.14. The number of rotatable bonds is 7. The van der Waals surface area contributed by atoms with E-state index in [2.05, 4.69) is 10.3 Å². The number of hydrogen-bond acceptors (Lipinski definition) is 6. The van der Waals surface area contributed by atoms with Gasteiger partial charge >= 0.3 is 0 Å². The average Bonchev–Trinajstić information content (AvgIpc) is 3.35. The lowest BCUT2D eigenvalue weighted by Crippen LogP contribution is -2.28. The first-order chi connectivity index (χ1) is 15.8. The Kier molecular flexibility index (Phi) is 6.53. The van der Waals surface area contributed by atoms with Gasteiger partial charge in [-0.15, -0.1) is 0 Å². The van der Waals surface area contributed by atoms with Crippen molar-refractivity contribution in [2.75, 3.05) is 32.1 Å². The highest BCUT2D eigenvalue weighted by Crippen LogP contribution is 2.32. The zero-order valence-corrected chi connectivity index (χ0v) is 19.7. The molecule has 0 spiro atoms. The van der Waals surface area contributed by atoms with Gasteiger partial charge in [-0.2, -0.15) is 4.31 Å². The minimum absolute atomic E-state index is 0.0597. The third-order valence-electron chi connectivity index (χ3n) is 5.64. The number of aryl methyl sites for hydroxylation is 1. The Morgan fingerprint density at radius 3 is 2.58 bits per heavy atom. The number of ether oxygens (including phenoxy) is 2. The standard InChI is InChI=1S/C24H27N3O5S/c1-4-32-22-10-8-18(14-23(22)33(29,30)27-11-5-6-12-27)26-24(28)20-13-17-7-9-19(31-3)15-21(17)25-16(20)2/h7-10,13-15H,4-6,11-12H2,1-3H3,(H,26,28). The van der Waals surface area contributed by atoms with Crippen LogP contribution in [0.15, 0.2) is 47.4 Å². The number of carbonyl (C=O) groups is 1. The predicted molar refractivity (Wildman–Crippen MR) is 127 cm³/mol. The molecule has 1 aliphatic heterocycles. The molecule has 3 aromatic rings. The number of nitrogens with zero attached hydrogens (tertiary/aromatic N) is 2. The lowest BCUT2D eigenvalue weighted by atomic mass is 10.1. The van der Waals surface area contributed by atoms with E-state index in [1.807, 2.05) is 18.2 Å². The zero-order chi connectivity index (χ0) is 23.6. The first-order valence-electron chi connectivity index (χ1n) is 10.9. The van der Waals surface area contributed by atoms with Crippen LogP contribution in [0.4, 0.5) is 5.69 Å². The molecule has 1 saturated heterocycles. The molecule has 0 radical (unpaired) electrons. The van der Waals surface area contributed by atoms with Crippen molar-refractivity contribution >= 4 is 32.5 Å². The molecule has 1 fully saturated rings. The topological polar surface area (TPSA) is 97.8 Å². The summed E-state index contributed by atoms with van der Waals surface area (Å²) in [6.07, 6.45) is 1.67. The molecule has 1 aromatic heterocycles. The number of anilines is 1. The van der Waals surface area contributed by atoms with Crippen LogP contribution in [-0.4, -0.2) is 50.4 Å². The van der Waals surface area contributed by atoms with E-state index in [1.165, 1.54) is 10.4 Å². The minimum atomic E-state index is -3.73. The van der Waals surface area contributed by atoms with Crippen LogP contribution in [0.1, 0.15) is 35.8 Å². The Balaban J connectivity index is 1.66. The fraction of sp³-hybridized carbons (Fsp3) is 0.333. The van der Waals surface area contributed by atoms with E-state index < -0.39 is 10.0 Å². The van der Waals surface area contributed by atoms with Gasteiger partial charge in [-0.25, -0.2) is 8.42 Å². The summed E-state index contributed by atoms with van der Waals surface area (Å²) in [5.74, 6) is 0.596. The van der Waals surface area contributed by atoms with Crippen molar-refractivity contribution in [2.45, 2.75) is 31.6 Å². The summed E-state index contributed by atoms with van der Waals surface area (Å²) >= 11 is 0. The highest BCUT2D eigenvalue weighted by Gasteiger charge is 2.30. The highest BCUT2D eigenvalue weighted by atomic mass is 32.2. The number of sulfonamides is 1. The summed E-state index contributed by atoms with van der Waals surface area (Å²) in [6.45, 7) is 4.86. The number of methoxy groups -OCH3 is 1. The molecule has 0 saturated carbocycles. The van der Waals surface area contributed by atoms with Crippen molar-refractivity contribution in [3.8, 4) is 11.5 Å². The molecule has 1 amide bonds. The maximum atomic E-state index is 13.2. The Bertz CT molecular complexity index is 1300. The molecule has 1 aliphatic rings. The van der Waals surface area contributed by atoms with E-state index in [0.29, 0.717) is 42.4 Å². The Morgan fingerprint density at radius 1 is 1.12 bits per heavy atom. The molecule has 2 heterocycles. The third-order valence-corrected chi connectivity index (χ3v) is 7.56. The number of amides is 1. The second-order valence-corrected chi connectivity index (χ2v) is 9.75. The van der Waals surface area contributed by atoms with Crippen LogP contribution in [0.5, 0.6) is 11.5 Å². The Hall–Kier alpha value is -3.17. The van der Waals surface area contributed by atoms with Gasteiger partial charge < -0.3 is 14.8 Å². The third kappa shape index (κ3) is 4.65. The van der Waals surface area contributed by atoms with Crippen molar-refractivity contribution in [1.29, 1.82) is 0 Å². The predicted octanol–water partition coefficient (Wildman–Crippen LogP) is 3.99. The van der Waals surface area contributed by atoms with E-state index >= 15 is 0 Å². The molecule has 0 bridgehead atoms. The minimum Gasteiger partial charge on any atom is -0.497 e. The van der Waals surface area contributed by atoms with Crippen LogP contribution in [0, 0.1) is 6.92 Å². The van der Waals surface area contributed by atoms with Crippen molar-refractivity contribution < 1.29 is 22.7 Å². The van der Waals surface area contributed by atoms with E-state index in [0.717, 1.165) is 23.7 Å². The lowest BCUT2D eigenvalue weighted by molar-refractivity contribution is 0.102. The normalized spacial score (nSPS) is 14.4. The molecule has 0 unspecified atom stereocenters. The van der Waals surface area contributed by atoms with E-state index in [9.17, 15) is 13.2 Å². The number of hydrogen-bond donors (Lipinski definition) is 1. The van der Waals surface area contributed by atoms with Crippen LogP contribution in [0.3, 0.4) is 0 Å². The number of fused-ring (bicyclic) bond motifs is 1. The van der Waals surface area contributed by atoms with Gasteiger partial charge in [0.15, 0.2) is 0 Å². The molecule has 8 nitrogen and oxygen atoms in total. The molecule has 0 aliphatic carbocycles. The molecule has 174 valence electrons. The fourth-order valence-corrected chi connectivity index (χ4v) is 5.60. The van der Waals surface area contributed by atoms with Crippen LogP contribution in [0.2, 0.25) is 0 Å². The second-order valence-electron chi connectivity index (χ2n) is 7.84. The number of pyridine rings is 1. The summed E-state index contributed by atoms with van der Waals surface area (Å²) in [5.41, 5.74) is 2.06. The number of carbonyl (C=O) groups excluding carboxylic acids is 1. The molecule has 4 rings (SSSR count). The van der Waals surface area contributed by atoms with Crippen molar-refractivity contribution in [3.63, 3.8) is 0 Å². The molecule has 2 aromatic carbocycles. The summed E-state index contributed by atoms with van der Waals surface area (Å²) in [6, 6.07) is 11.9. The summed E-state index contributed by atoms with van der Waals surface area (Å²) in [4.78, 5) is 17.7. The maximum absolute atomic E-state index is 13.2. The quantitative estimate of drug-likeness (QED) is 0.562. The monoisotopic (exact) mass is 469 g/mol. The largest absolute Gasteiger partial charge is 0.497 e. The Morgan fingerprint density at radius 2 is 1.88 bits per heavy atom. The Labute approximate surface area is 193 Å². The number of benzene rings is 2. The van der Waals surface area contributed by atoms with Gasteiger partial charge in [0.1, 0.15) is 16.4 Å². The van der Waals surface area contributed by atoms with Crippen molar-refractivity contribution in [3.05, 3.63) is 53.7 Å². The SMILES string of the molecule is CCOc1ccc(NC(=O)c2cc3ccc(OC)cc3nc2C)cc1S(=O)(=O)N1CCCC1. The van der Waals surface area contributed by atoms with Gasteiger partial charge in [-0.3, -0.25) is 9.78 Å². The van der Waals surface area contributed by atoms with Crippen molar-refractivity contribution in [2.24, 2.45) is 0 Å². The van der Waals surface area contributed by atoms with Crippen molar-refractivity contribution in [1.82, 2.24) is 9.29 Å². The maximum Gasteiger partial charge on any atom is 0.257 e. The lowest BCUT2D eigenvalue weighted by Gasteiger charge is -2.19. The van der Waals surface area contributed by atoms with Crippen LogP contribution < -0.4 is 14.8 Å². The molecule has 1 N–H and O–H groups in total. The van der Waals surface area contributed by atoms with Gasteiger partial charge in [0.25, 0.3) is 5.91 Å². The fourth-order valence-electron chi connectivity index (χ4n) is 3.93. The van der Waals surface area contributed by atoms with E-state index in [4.69, 9.17) is 9.47 Å². The average molecular weight is 470 g/mol. The molecule has 9 heteroatoms. The smallest absolute Gasteiger partial charge is 0.257 e. The van der Waals surface area contributed by atoms with Gasteiger partial charge in [-0.1, -0.05) is 0 Å². The molecular formula is C24H27N3O5S. The van der Waals surface area contributed by atoms with Gasteiger partial charge in [0.05, 0.1) is 30.5 Å². The molecule has 0 atom stereocenters.